The summed E-state index contributed by atoms with van der Waals surface area (Å²) in [7, 11) is 1.83. The summed E-state index contributed by atoms with van der Waals surface area (Å²) in [5.41, 5.74) is 5.74. The summed E-state index contributed by atoms with van der Waals surface area (Å²) in [5.74, 6) is -0.113. The molecule has 5 heteroatoms. The summed E-state index contributed by atoms with van der Waals surface area (Å²) in [5, 5.41) is 9.92. The lowest BCUT2D eigenvalue weighted by Crippen LogP contribution is -2.53. The Morgan fingerprint density at radius 3 is 2.48 bits per heavy atom. The monoisotopic (exact) mass is 420 g/mol. The van der Waals surface area contributed by atoms with E-state index in [1.54, 1.807) is 4.90 Å². The Hall–Kier alpha value is -2.82. The summed E-state index contributed by atoms with van der Waals surface area (Å²) < 4.78 is 0. The molecule has 164 valence electrons. The van der Waals surface area contributed by atoms with Crippen molar-refractivity contribution in [2.75, 3.05) is 7.05 Å². The highest BCUT2D eigenvalue weighted by Gasteiger charge is 2.40. The van der Waals surface area contributed by atoms with Gasteiger partial charge in [0.2, 0.25) is 5.91 Å². The first-order valence-electron chi connectivity index (χ1n) is 11.1. The third-order valence-corrected chi connectivity index (χ3v) is 6.88. The van der Waals surface area contributed by atoms with Crippen molar-refractivity contribution in [3.05, 3.63) is 70.3 Å². The molecule has 0 saturated carbocycles. The van der Waals surface area contributed by atoms with Gasteiger partial charge < -0.3 is 10.0 Å². The maximum atomic E-state index is 13.7. The lowest BCUT2D eigenvalue weighted by molar-refractivity contribution is -0.138. The number of carbonyl (C=O) groups excluding carboxylic acids is 1. The zero-order valence-corrected chi connectivity index (χ0v) is 18.9. The van der Waals surface area contributed by atoms with E-state index >= 15 is 0 Å². The average molecular weight is 421 g/mol. The first-order chi connectivity index (χ1) is 14.7. The van der Waals surface area contributed by atoms with Crippen molar-refractivity contribution in [3.63, 3.8) is 0 Å². The summed E-state index contributed by atoms with van der Waals surface area (Å²) in [6, 6.07) is 13.7. The third-order valence-electron chi connectivity index (χ3n) is 6.88. The van der Waals surface area contributed by atoms with Gasteiger partial charge in [-0.15, -0.1) is 0 Å². The van der Waals surface area contributed by atoms with Crippen molar-refractivity contribution in [3.8, 4) is 0 Å². The van der Waals surface area contributed by atoms with Gasteiger partial charge in [-0.3, -0.25) is 9.69 Å². The minimum Gasteiger partial charge on any atom is -0.465 e. The zero-order valence-electron chi connectivity index (χ0n) is 18.9. The molecule has 0 saturated heterocycles. The van der Waals surface area contributed by atoms with E-state index in [2.05, 4.69) is 39.0 Å². The van der Waals surface area contributed by atoms with Crippen LogP contribution >= 0.6 is 0 Å². The second kappa shape index (κ2) is 8.03. The summed E-state index contributed by atoms with van der Waals surface area (Å²) in [4.78, 5) is 28.9. The molecule has 2 atom stereocenters. The molecular formula is C26H32N2O3. The molecule has 1 unspecified atom stereocenters. The Morgan fingerprint density at radius 1 is 1.06 bits per heavy atom. The molecule has 2 aromatic carbocycles. The Labute approximate surface area is 184 Å². The van der Waals surface area contributed by atoms with Gasteiger partial charge in [0, 0.05) is 13.5 Å². The van der Waals surface area contributed by atoms with Crippen LogP contribution in [0.5, 0.6) is 0 Å². The molecule has 4 rings (SSSR count). The second-order valence-electron chi connectivity index (χ2n) is 9.88. The number of amides is 2. The molecular weight excluding hydrogens is 388 g/mol. The van der Waals surface area contributed by atoms with Gasteiger partial charge in [-0.1, -0.05) is 63.2 Å². The summed E-state index contributed by atoms with van der Waals surface area (Å²) in [6.45, 7) is 6.73. The molecule has 1 aliphatic heterocycles. The van der Waals surface area contributed by atoms with Crippen LogP contribution in [0.3, 0.4) is 0 Å². The molecule has 2 amide bonds. The number of carboxylic acid groups (broad SMARTS) is 1. The van der Waals surface area contributed by atoms with E-state index in [1.165, 1.54) is 21.6 Å². The molecule has 0 bridgehead atoms. The quantitative estimate of drug-likeness (QED) is 0.750. The standard InChI is InChI=1S/C26H32N2O3/c1-26(2,3)21-13-7-11-18-16-28(25(30)31)23(15-20(18)21)24(29)27(4)22-14-8-10-17-9-5-6-12-19(17)22/h5-7,9,11-13,22-23H,8,10,14-16H2,1-4H3,(H,30,31)/t22-,23?/m1/s1. The van der Waals surface area contributed by atoms with Gasteiger partial charge >= 0.3 is 6.09 Å². The smallest absolute Gasteiger partial charge is 0.408 e. The van der Waals surface area contributed by atoms with E-state index in [1.807, 2.05) is 31.3 Å². The molecule has 0 aromatic heterocycles. The van der Waals surface area contributed by atoms with Gasteiger partial charge in [0.25, 0.3) is 0 Å². The van der Waals surface area contributed by atoms with Crippen LogP contribution in [0.1, 0.15) is 67.5 Å². The number of nitrogens with zero attached hydrogens (tertiary/aromatic N) is 2. The first-order valence-corrected chi connectivity index (χ1v) is 11.1. The predicted molar refractivity (Wildman–Crippen MR) is 121 cm³/mol. The average Bonchev–Trinajstić information content (AvgIpc) is 2.75. The number of hydrogen-bond acceptors (Lipinski definition) is 2. The zero-order chi connectivity index (χ0) is 22.3. The van der Waals surface area contributed by atoms with E-state index < -0.39 is 12.1 Å². The lowest BCUT2D eigenvalue weighted by Gasteiger charge is -2.41. The Morgan fingerprint density at radius 2 is 1.77 bits per heavy atom. The van der Waals surface area contributed by atoms with Crippen LogP contribution in [0.4, 0.5) is 4.79 Å². The van der Waals surface area contributed by atoms with Crippen LogP contribution in [0.25, 0.3) is 0 Å². The molecule has 1 N–H and O–H groups in total. The predicted octanol–water partition coefficient (Wildman–Crippen LogP) is 4.92. The minimum absolute atomic E-state index is 0.00708. The number of hydrogen-bond donors (Lipinski definition) is 1. The molecule has 0 fully saturated rings. The topological polar surface area (TPSA) is 60.9 Å². The molecule has 1 aliphatic carbocycles. The lowest BCUT2D eigenvalue weighted by atomic mass is 9.78. The van der Waals surface area contributed by atoms with Crippen molar-refractivity contribution in [1.29, 1.82) is 0 Å². The third kappa shape index (κ3) is 3.93. The van der Waals surface area contributed by atoms with Gasteiger partial charge in [-0.05, 0) is 52.5 Å². The molecule has 0 spiro atoms. The van der Waals surface area contributed by atoms with Crippen LogP contribution in [-0.2, 0) is 29.6 Å². The van der Waals surface area contributed by atoms with E-state index in [0.717, 1.165) is 30.4 Å². The molecule has 1 heterocycles. The molecule has 0 radical (unpaired) electrons. The fourth-order valence-electron chi connectivity index (χ4n) is 5.26. The Balaban J connectivity index is 1.68. The van der Waals surface area contributed by atoms with Gasteiger partial charge in [-0.25, -0.2) is 4.79 Å². The van der Waals surface area contributed by atoms with Gasteiger partial charge in [0.1, 0.15) is 6.04 Å². The normalized spacial score (nSPS) is 20.6. The molecule has 2 aromatic rings. The van der Waals surface area contributed by atoms with Crippen LogP contribution in [-0.4, -0.2) is 40.0 Å². The van der Waals surface area contributed by atoms with Crippen molar-refractivity contribution in [1.82, 2.24) is 9.80 Å². The van der Waals surface area contributed by atoms with Gasteiger partial charge in [0.15, 0.2) is 0 Å². The van der Waals surface area contributed by atoms with Crippen LogP contribution in [0.2, 0.25) is 0 Å². The minimum atomic E-state index is -1.04. The van der Waals surface area contributed by atoms with Gasteiger partial charge in [0.05, 0.1) is 12.6 Å². The van der Waals surface area contributed by atoms with Crippen molar-refractivity contribution >= 4 is 12.0 Å². The SMILES string of the molecule is CN(C(=O)C1Cc2c(cccc2C(C)(C)C)CN1C(=O)O)[C@@H]1CCCc2ccccc21. The second-order valence-corrected chi connectivity index (χ2v) is 9.88. The highest BCUT2D eigenvalue weighted by molar-refractivity contribution is 5.86. The summed E-state index contributed by atoms with van der Waals surface area (Å²) in [6.07, 6.45) is 2.35. The highest BCUT2D eigenvalue weighted by Crippen LogP contribution is 2.37. The number of fused-ring (bicyclic) bond motifs is 2. The summed E-state index contributed by atoms with van der Waals surface area (Å²) >= 11 is 0. The largest absolute Gasteiger partial charge is 0.465 e. The fourth-order valence-corrected chi connectivity index (χ4v) is 5.26. The van der Waals surface area contributed by atoms with Crippen LogP contribution < -0.4 is 0 Å². The van der Waals surface area contributed by atoms with Crippen molar-refractivity contribution < 1.29 is 14.7 Å². The van der Waals surface area contributed by atoms with E-state index in [0.29, 0.717) is 6.42 Å². The van der Waals surface area contributed by atoms with Crippen LogP contribution in [0, 0.1) is 0 Å². The number of carbonyl (C=O) groups is 2. The molecule has 5 nitrogen and oxygen atoms in total. The first kappa shape index (κ1) is 21.4. The molecule has 31 heavy (non-hydrogen) atoms. The maximum absolute atomic E-state index is 13.7. The Kier molecular flexibility index (Phi) is 5.54. The van der Waals surface area contributed by atoms with E-state index in [4.69, 9.17) is 0 Å². The van der Waals surface area contributed by atoms with Crippen LogP contribution in [0.15, 0.2) is 42.5 Å². The Bertz CT molecular complexity index is 1010. The van der Waals surface area contributed by atoms with Gasteiger partial charge in [-0.2, -0.15) is 0 Å². The number of benzene rings is 2. The number of aryl methyl sites for hydroxylation is 1. The maximum Gasteiger partial charge on any atom is 0.408 e. The van der Waals surface area contributed by atoms with E-state index in [9.17, 15) is 14.7 Å². The van der Waals surface area contributed by atoms with Crippen molar-refractivity contribution in [2.24, 2.45) is 0 Å². The number of likely N-dealkylation sites (N-methyl/N-ethyl adjacent to an activating group) is 1. The van der Waals surface area contributed by atoms with E-state index in [-0.39, 0.29) is 23.9 Å². The number of rotatable bonds is 2. The molecule has 2 aliphatic rings. The highest BCUT2D eigenvalue weighted by atomic mass is 16.4. The van der Waals surface area contributed by atoms with Crippen molar-refractivity contribution in [2.45, 2.75) is 70.5 Å². The fraction of sp³-hybridized carbons (Fsp3) is 0.462.